The number of benzene rings is 1. The van der Waals surface area contributed by atoms with E-state index in [1.165, 1.54) is 23.5 Å². The highest BCUT2D eigenvalue weighted by molar-refractivity contribution is 5.75. The van der Waals surface area contributed by atoms with Crippen LogP contribution in [0.1, 0.15) is 17.2 Å². The molecule has 2 fully saturated rings. The summed E-state index contributed by atoms with van der Waals surface area (Å²) < 4.78 is 13.2. The average molecular weight is 369 g/mol. The molecular formula is C20H24FN5O. The minimum absolute atomic E-state index is 0.0246. The van der Waals surface area contributed by atoms with E-state index < -0.39 is 5.82 Å². The van der Waals surface area contributed by atoms with Gasteiger partial charge in [0.05, 0.1) is 18.4 Å². The first-order valence-electron chi connectivity index (χ1n) is 9.21. The van der Waals surface area contributed by atoms with Gasteiger partial charge in [-0.2, -0.15) is 0 Å². The van der Waals surface area contributed by atoms with Gasteiger partial charge in [-0.05, 0) is 18.1 Å². The Morgan fingerprint density at radius 2 is 1.85 bits per heavy atom. The Kier molecular flexibility index (Phi) is 4.45. The van der Waals surface area contributed by atoms with Gasteiger partial charge in [0.1, 0.15) is 0 Å². The van der Waals surface area contributed by atoms with Gasteiger partial charge in [0.25, 0.3) is 0 Å². The SMILES string of the molecule is Cc1ccccc1[C@H]1[C@@H]2CN(c3ncc(F)cn3)C[C@@H]2CN1C(=O)N(C)C. The normalized spacial score (nSPS) is 24.2. The number of fused-ring (bicyclic) bond motifs is 1. The molecule has 0 bridgehead atoms. The van der Waals surface area contributed by atoms with Gasteiger partial charge in [0.15, 0.2) is 5.82 Å². The fourth-order valence-corrected chi connectivity index (χ4v) is 4.45. The second-order valence-corrected chi connectivity index (χ2v) is 7.66. The third-order valence-corrected chi connectivity index (χ3v) is 5.69. The molecule has 2 aromatic rings. The summed E-state index contributed by atoms with van der Waals surface area (Å²) in [4.78, 5) is 26.9. The van der Waals surface area contributed by atoms with Crippen molar-refractivity contribution in [2.75, 3.05) is 38.6 Å². The van der Waals surface area contributed by atoms with Crippen molar-refractivity contribution in [1.29, 1.82) is 0 Å². The van der Waals surface area contributed by atoms with E-state index in [-0.39, 0.29) is 12.1 Å². The first kappa shape index (κ1) is 17.7. The maximum Gasteiger partial charge on any atom is 0.320 e. The Balaban J connectivity index is 1.65. The minimum atomic E-state index is -0.432. The molecule has 142 valence electrons. The third-order valence-electron chi connectivity index (χ3n) is 5.69. The van der Waals surface area contributed by atoms with Crippen molar-refractivity contribution in [3.05, 3.63) is 53.6 Å². The summed E-state index contributed by atoms with van der Waals surface area (Å²) in [6.45, 7) is 4.33. The van der Waals surface area contributed by atoms with Gasteiger partial charge in [-0.25, -0.2) is 19.2 Å². The predicted octanol–water partition coefficient (Wildman–Crippen LogP) is 2.72. The molecule has 7 heteroatoms. The van der Waals surface area contributed by atoms with Crippen LogP contribution in [0.4, 0.5) is 15.1 Å². The van der Waals surface area contributed by atoms with Crippen LogP contribution >= 0.6 is 0 Å². The first-order valence-corrected chi connectivity index (χ1v) is 9.21. The van der Waals surface area contributed by atoms with E-state index in [0.717, 1.165) is 13.1 Å². The zero-order chi connectivity index (χ0) is 19.1. The van der Waals surface area contributed by atoms with Crippen molar-refractivity contribution >= 4 is 12.0 Å². The molecule has 0 aliphatic carbocycles. The van der Waals surface area contributed by atoms with Crippen LogP contribution in [0.15, 0.2) is 36.7 Å². The van der Waals surface area contributed by atoms with Crippen molar-refractivity contribution in [2.24, 2.45) is 11.8 Å². The van der Waals surface area contributed by atoms with Gasteiger partial charge >= 0.3 is 6.03 Å². The highest BCUT2D eigenvalue weighted by Gasteiger charge is 2.50. The zero-order valence-electron chi connectivity index (χ0n) is 15.8. The molecule has 0 unspecified atom stereocenters. The second kappa shape index (κ2) is 6.79. The molecule has 27 heavy (non-hydrogen) atoms. The third kappa shape index (κ3) is 3.11. The summed E-state index contributed by atoms with van der Waals surface area (Å²) >= 11 is 0. The van der Waals surface area contributed by atoms with Crippen LogP contribution in [-0.2, 0) is 0 Å². The number of rotatable bonds is 2. The largest absolute Gasteiger partial charge is 0.340 e. The fraction of sp³-hybridized carbons (Fsp3) is 0.450. The molecule has 2 aliphatic rings. The quantitative estimate of drug-likeness (QED) is 0.817. The fourth-order valence-electron chi connectivity index (χ4n) is 4.45. The van der Waals surface area contributed by atoms with Crippen molar-refractivity contribution < 1.29 is 9.18 Å². The number of halogens is 1. The van der Waals surface area contributed by atoms with Gasteiger partial charge in [-0.3, -0.25) is 0 Å². The summed E-state index contributed by atoms with van der Waals surface area (Å²) in [5.74, 6) is 0.759. The molecule has 3 heterocycles. The van der Waals surface area contributed by atoms with Crippen LogP contribution in [0.5, 0.6) is 0 Å². The maximum absolute atomic E-state index is 13.2. The summed E-state index contributed by atoms with van der Waals surface area (Å²) in [5, 5.41) is 0. The molecule has 2 saturated heterocycles. The molecule has 2 amide bonds. The van der Waals surface area contributed by atoms with Crippen LogP contribution in [-0.4, -0.2) is 59.5 Å². The van der Waals surface area contributed by atoms with E-state index >= 15 is 0 Å². The zero-order valence-corrected chi connectivity index (χ0v) is 15.8. The van der Waals surface area contributed by atoms with Crippen LogP contribution in [0.3, 0.4) is 0 Å². The lowest BCUT2D eigenvalue weighted by atomic mass is 9.88. The number of hydrogen-bond donors (Lipinski definition) is 0. The van der Waals surface area contributed by atoms with Crippen LogP contribution < -0.4 is 4.90 Å². The second-order valence-electron chi connectivity index (χ2n) is 7.66. The summed E-state index contributed by atoms with van der Waals surface area (Å²) in [7, 11) is 3.59. The number of carbonyl (C=O) groups excluding carboxylic acids is 1. The lowest BCUT2D eigenvalue weighted by molar-refractivity contribution is 0.159. The predicted molar refractivity (Wildman–Crippen MR) is 101 cm³/mol. The topological polar surface area (TPSA) is 52.6 Å². The smallest absolute Gasteiger partial charge is 0.320 e. The molecular weight excluding hydrogens is 345 g/mol. The Labute approximate surface area is 158 Å². The van der Waals surface area contributed by atoms with Gasteiger partial charge in [-0.1, -0.05) is 24.3 Å². The maximum atomic E-state index is 13.2. The minimum Gasteiger partial charge on any atom is -0.340 e. The molecule has 0 radical (unpaired) electrons. The standard InChI is InChI=1S/C20H24FN5O/c1-13-6-4-5-7-16(13)18-17-12-25(19-22-8-15(21)9-23-19)10-14(17)11-26(18)20(27)24(2)3/h4-9,14,17-18H,10-12H2,1-3H3/t14-,17-,18+/m1/s1. The van der Waals surface area contributed by atoms with Gasteiger partial charge < -0.3 is 14.7 Å². The molecule has 0 spiro atoms. The van der Waals surface area contributed by atoms with Crippen molar-refractivity contribution in [1.82, 2.24) is 19.8 Å². The molecule has 6 nitrogen and oxygen atoms in total. The number of carbonyl (C=O) groups is 1. The van der Waals surface area contributed by atoms with E-state index in [4.69, 9.17) is 0 Å². The van der Waals surface area contributed by atoms with Crippen molar-refractivity contribution in [3.8, 4) is 0 Å². The lowest BCUT2D eigenvalue weighted by Crippen LogP contribution is -2.41. The van der Waals surface area contributed by atoms with Gasteiger partial charge in [0.2, 0.25) is 5.95 Å². The van der Waals surface area contributed by atoms with E-state index in [9.17, 15) is 9.18 Å². The highest BCUT2D eigenvalue weighted by Crippen LogP contribution is 2.46. The number of likely N-dealkylation sites (tertiary alicyclic amines) is 1. The molecule has 1 aromatic carbocycles. The Morgan fingerprint density at radius 1 is 1.15 bits per heavy atom. The van der Waals surface area contributed by atoms with E-state index in [1.807, 2.05) is 17.0 Å². The lowest BCUT2D eigenvalue weighted by Gasteiger charge is -2.32. The van der Waals surface area contributed by atoms with E-state index in [1.54, 1.807) is 19.0 Å². The summed E-state index contributed by atoms with van der Waals surface area (Å²) in [5.41, 5.74) is 2.39. The number of nitrogens with zero attached hydrogens (tertiary/aromatic N) is 5. The van der Waals surface area contributed by atoms with Crippen LogP contribution in [0.25, 0.3) is 0 Å². The van der Waals surface area contributed by atoms with Crippen molar-refractivity contribution in [2.45, 2.75) is 13.0 Å². The Morgan fingerprint density at radius 3 is 2.52 bits per heavy atom. The number of anilines is 1. The monoisotopic (exact) mass is 369 g/mol. The Bertz CT molecular complexity index is 841. The summed E-state index contributed by atoms with van der Waals surface area (Å²) in [6.07, 6.45) is 2.41. The average Bonchev–Trinajstić information content (AvgIpc) is 3.20. The van der Waals surface area contributed by atoms with Crippen LogP contribution in [0, 0.1) is 24.6 Å². The Hall–Kier alpha value is -2.70. The van der Waals surface area contributed by atoms with Crippen LogP contribution in [0.2, 0.25) is 0 Å². The van der Waals surface area contributed by atoms with E-state index in [0.29, 0.717) is 24.3 Å². The molecule has 0 N–H and O–H groups in total. The number of aromatic nitrogens is 2. The molecule has 1 aromatic heterocycles. The van der Waals surface area contributed by atoms with Gasteiger partial charge in [0, 0.05) is 45.6 Å². The van der Waals surface area contributed by atoms with E-state index in [2.05, 4.69) is 33.9 Å². The number of aryl methyl sites for hydroxylation is 1. The molecule has 4 rings (SSSR count). The highest BCUT2D eigenvalue weighted by atomic mass is 19.1. The molecule has 3 atom stereocenters. The number of urea groups is 1. The molecule has 0 saturated carbocycles. The van der Waals surface area contributed by atoms with Gasteiger partial charge in [-0.15, -0.1) is 0 Å². The number of hydrogen-bond acceptors (Lipinski definition) is 4. The molecule has 2 aliphatic heterocycles. The summed E-state index contributed by atoms with van der Waals surface area (Å²) in [6, 6.07) is 8.34. The number of amides is 2. The first-order chi connectivity index (χ1) is 13.0. The van der Waals surface area contributed by atoms with Crippen molar-refractivity contribution in [3.63, 3.8) is 0 Å².